The van der Waals surface area contributed by atoms with E-state index in [9.17, 15) is 24.5 Å². The van der Waals surface area contributed by atoms with Crippen molar-refractivity contribution in [2.24, 2.45) is 0 Å². The van der Waals surface area contributed by atoms with E-state index in [0.29, 0.717) is 0 Å². The number of rotatable bonds is 7. The first-order chi connectivity index (χ1) is 13.4. The van der Waals surface area contributed by atoms with Crippen molar-refractivity contribution in [2.45, 2.75) is 6.42 Å². The Morgan fingerprint density at radius 2 is 1.71 bits per heavy atom. The Bertz CT molecular complexity index is 885. The van der Waals surface area contributed by atoms with Gasteiger partial charge in [-0.1, -0.05) is 30.3 Å². The molecule has 2 aromatic rings. The molecular weight excluding hydrogens is 368 g/mol. The summed E-state index contributed by atoms with van der Waals surface area (Å²) in [4.78, 5) is 45.9. The second kappa shape index (κ2) is 9.67. The monoisotopic (exact) mass is 386 g/mol. The minimum absolute atomic E-state index is 0.00610. The van der Waals surface area contributed by atoms with Gasteiger partial charge in [0.15, 0.2) is 5.75 Å². The van der Waals surface area contributed by atoms with E-state index in [-0.39, 0.29) is 23.4 Å². The number of nitro benzene ring substituents is 1. The molecule has 0 aliphatic heterocycles. The van der Waals surface area contributed by atoms with E-state index >= 15 is 0 Å². The van der Waals surface area contributed by atoms with Gasteiger partial charge in [-0.15, -0.1) is 0 Å². The van der Waals surface area contributed by atoms with Crippen molar-refractivity contribution in [1.82, 2.24) is 16.2 Å². The Morgan fingerprint density at radius 1 is 1.04 bits per heavy atom. The van der Waals surface area contributed by atoms with Gasteiger partial charge in [0, 0.05) is 11.6 Å². The Hall–Kier alpha value is -3.95. The van der Waals surface area contributed by atoms with Crippen molar-refractivity contribution >= 4 is 23.4 Å². The molecule has 146 valence electrons. The summed E-state index contributed by atoms with van der Waals surface area (Å²) in [6.07, 6.45) is 0.0863. The molecule has 0 saturated carbocycles. The molecule has 0 bridgehead atoms. The first-order valence-corrected chi connectivity index (χ1v) is 8.13. The molecule has 10 nitrogen and oxygen atoms in total. The number of nitrogens with one attached hydrogen (secondary N) is 3. The summed E-state index contributed by atoms with van der Waals surface area (Å²) < 4.78 is 4.86. The van der Waals surface area contributed by atoms with E-state index in [1.807, 2.05) is 6.07 Å². The van der Waals surface area contributed by atoms with Crippen LogP contribution in [0.3, 0.4) is 0 Å². The van der Waals surface area contributed by atoms with Gasteiger partial charge >= 0.3 is 5.69 Å². The maximum Gasteiger partial charge on any atom is 0.311 e. The number of amides is 3. The minimum atomic E-state index is -0.684. The highest BCUT2D eigenvalue weighted by molar-refractivity contribution is 5.97. The zero-order valence-corrected chi connectivity index (χ0v) is 14.9. The third-order valence-corrected chi connectivity index (χ3v) is 3.60. The van der Waals surface area contributed by atoms with E-state index in [2.05, 4.69) is 16.2 Å². The number of nitrogens with zero attached hydrogens (tertiary/aromatic N) is 1. The normalized spacial score (nSPS) is 9.89. The summed E-state index contributed by atoms with van der Waals surface area (Å²) in [6.45, 7) is -0.426. The Balaban J connectivity index is 1.82. The first-order valence-electron chi connectivity index (χ1n) is 8.13. The molecule has 0 radical (unpaired) electrons. The number of methoxy groups -OCH3 is 1. The molecule has 0 fully saturated rings. The SMILES string of the molecule is COc1ccc(C(=O)NCC(=O)NNC(=O)Cc2ccccc2)cc1[N+](=O)[O-]. The lowest BCUT2D eigenvalue weighted by Crippen LogP contribution is -2.46. The first kappa shape index (κ1) is 20.4. The van der Waals surface area contributed by atoms with Gasteiger partial charge in [-0.25, -0.2) is 0 Å². The fraction of sp³-hybridized carbons (Fsp3) is 0.167. The molecule has 0 aromatic heterocycles. The molecule has 2 rings (SSSR count). The van der Waals surface area contributed by atoms with Crippen molar-refractivity contribution in [1.29, 1.82) is 0 Å². The molecule has 0 aliphatic carbocycles. The van der Waals surface area contributed by atoms with Crippen LogP contribution in [0.1, 0.15) is 15.9 Å². The lowest BCUT2D eigenvalue weighted by Gasteiger charge is -2.09. The molecule has 0 saturated heterocycles. The van der Waals surface area contributed by atoms with Crippen LogP contribution in [0.15, 0.2) is 48.5 Å². The van der Waals surface area contributed by atoms with Crippen LogP contribution in [0.4, 0.5) is 5.69 Å². The predicted octanol–water partition coefficient (Wildman–Crippen LogP) is 0.723. The standard InChI is InChI=1S/C18H18N4O6/c1-28-15-8-7-13(10-14(15)22(26)27)18(25)19-11-17(24)21-20-16(23)9-12-5-3-2-4-6-12/h2-8,10H,9,11H2,1H3,(H,19,25)(H,20,23)(H,21,24). The van der Waals surface area contributed by atoms with Crippen LogP contribution in [0.2, 0.25) is 0 Å². The fourth-order valence-electron chi connectivity index (χ4n) is 2.25. The van der Waals surface area contributed by atoms with Crippen LogP contribution in [0.25, 0.3) is 0 Å². The summed E-state index contributed by atoms with van der Waals surface area (Å²) in [5.41, 5.74) is 4.82. The number of hydrogen-bond donors (Lipinski definition) is 3. The molecular formula is C18H18N4O6. The predicted molar refractivity (Wildman–Crippen MR) is 98.4 cm³/mol. The summed E-state index contributed by atoms with van der Waals surface area (Å²) in [5, 5.41) is 13.3. The molecule has 0 unspecified atom stereocenters. The van der Waals surface area contributed by atoms with E-state index in [1.165, 1.54) is 19.2 Å². The summed E-state index contributed by atoms with van der Waals surface area (Å²) in [7, 11) is 1.28. The molecule has 3 amide bonds. The van der Waals surface area contributed by atoms with E-state index in [0.717, 1.165) is 11.6 Å². The van der Waals surface area contributed by atoms with Crippen molar-refractivity contribution < 1.29 is 24.0 Å². The summed E-state index contributed by atoms with van der Waals surface area (Å²) in [6, 6.07) is 12.6. The van der Waals surface area contributed by atoms with Crippen molar-refractivity contribution in [3.05, 3.63) is 69.8 Å². The van der Waals surface area contributed by atoms with E-state index in [1.54, 1.807) is 24.3 Å². The maximum absolute atomic E-state index is 12.1. The van der Waals surface area contributed by atoms with Crippen LogP contribution < -0.4 is 20.9 Å². The van der Waals surface area contributed by atoms with E-state index in [4.69, 9.17) is 4.74 Å². The molecule has 0 atom stereocenters. The number of ether oxygens (including phenoxy) is 1. The van der Waals surface area contributed by atoms with Crippen LogP contribution in [0.5, 0.6) is 5.75 Å². The zero-order chi connectivity index (χ0) is 20.5. The molecule has 3 N–H and O–H groups in total. The van der Waals surface area contributed by atoms with Gasteiger partial charge in [-0.3, -0.25) is 35.3 Å². The number of nitro groups is 1. The quantitative estimate of drug-likeness (QED) is 0.473. The lowest BCUT2D eigenvalue weighted by molar-refractivity contribution is -0.385. The second-order valence-corrected chi connectivity index (χ2v) is 5.59. The number of benzene rings is 2. The summed E-state index contributed by atoms with van der Waals surface area (Å²) >= 11 is 0. The van der Waals surface area contributed by atoms with Crippen LogP contribution in [-0.2, 0) is 16.0 Å². The van der Waals surface area contributed by atoms with Gasteiger partial charge < -0.3 is 10.1 Å². The van der Waals surface area contributed by atoms with Gasteiger partial charge in [0.2, 0.25) is 5.91 Å². The van der Waals surface area contributed by atoms with Crippen LogP contribution >= 0.6 is 0 Å². The van der Waals surface area contributed by atoms with E-state index < -0.39 is 29.2 Å². The van der Waals surface area contributed by atoms with Gasteiger partial charge in [0.1, 0.15) is 0 Å². The Labute approximate surface area is 160 Å². The molecule has 0 spiro atoms. The molecule has 0 heterocycles. The van der Waals surface area contributed by atoms with Crippen LogP contribution in [-0.4, -0.2) is 36.3 Å². The fourth-order valence-corrected chi connectivity index (χ4v) is 2.25. The van der Waals surface area contributed by atoms with Gasteiger partial charge in [-0.2, -0.15) is 0 Å². The van der Waals surface area contributed by atoms with Crippen molar-refractivity contribution in [3.8, 4) is 5.75 Å². The van der Waals surface area contributed by atoms with Gasteiger partial charge in [0.25, 0.3) is 11.8 Å². The average molecular weight is 386 g/mol. The van der Waals surface area contributed by atoms with Gasteiger partial charge in [0.05, 0.1) is 25.0 Å². The minimum Gasteiger partial charge on any atom is -0.490 e. The maximum atomic E-state index is 12.1. The second-order valence-electron chi connectivity index (χ2n) is 5.59. The number of hydrogen-bond acceptors (Lipinski definition) is 6. The average Bonchev–Trinajstić information content (AvgIpc) is 2.70. The Morgan fingerprint density at radius 3 is 2.36 bits per heavy atom. The highest BCUT2D eigenvalue weighted by Crippen LogP contribution is 2.27. The lowest BCUT2D eigenvalue weighted by atomic mass is 10.1. The van der Waals surface area contributed by atoms with Gasteiger partial charge in [-0.05, 0) is 17.7 Å². The molecule has 2 aromatic carbocycles. The number of carbonyl (C=O) groups is 3. The highest BCUT2D eigenvalue weighted by atomic mass is 16.6. The largest absolute Gasteiger partial charge is 0.490 e. The number of carbonyl (C=O) groups excluding carboxylic acids is 3. The molecule has 0 aliphatic rings. The van der Waals surface area contributed by atoms with Crippen molar-refractivity contribution in [3.63, 3.8) is 0 Å². The third kappa shape index (κ3) is 5.80. The topological polar surface area (TPSA) is 140 Å². The third-order valence-electron chi connectivity index (χ3n) is 3.60. The molecule has 28 heavy (non-hydrogen) atoms. The zero-order valence-electron chi connectivity index (χ0n) is 14.9. The summed E-state index contributed by atoms with van der Waals surface area (Å²) in [5.74, 6) is -1.74. The smallest absolute Gasteiger partial charge is 0.311 e. The van der Waals surface area contributed by atoms with Crippen LogP contribution in [0, 0.1) is 10.1 Å². The number of hydrazine groups is 1. The Kier molecular flexibility index (Phi) is 7.03. The molecule has 10 heteroatoms. The van der Waals surface area contributed by atoms with Crippen molar-refractivity contribution in [2.75, 3.05) is 13.7 Å². The highest BCUT2D eigenvalue weighted by Gasteiger charge is 2.18.